The van der Waals surface area contributed by atoms with Gasteiger partial charge in [0, 0.05) is 36.0 Å². The number of piperidine rings is 1. The number of benzene rings is 1. The Labute approximate surface area is 143 Å². The quantitative estimate of drug-likeness (QED) is 0.887. The molecular weight excluding hydrogens is 310 g/mol. The van der Waals surface area contributed by atoms with Gasteiger partial charge in [0.1, 0.15) is 0 Å². The summed E-state index contributed by atoms with van der Waals surface area (Å²) in [7, 11) is 0. The number of hydrogen-bond donors (Lipinski definition) is 2. The number of carbonyl (C=O) groups is 1. The third-order valence-electron chi connectivity index (χ3n) is 5.08. The Bertz CT molecular complexity index is 528. The zero-order valence-corrected chi connectivity index (χ0v) is 14.5. The van der Waals surface area contributed by atoms with E-state index in [1.807, 2.05) is 12.1 Å². The molecule has 2 fully saturated rings. The highest BCUT2D eigenvalue weighted by atomic mass is 35.5. The summed E-state index contributed by atoms with van der Waals surface area (Å²) in [6.45, 7) is 6.58. The van der Waals surface area contributed by atoms with Crippen LogP contribution < -0.4 is 10.6 Å². The smallest absolute Gasteiger partial charge is 0.225 e. The third-order valence-corrected chi connectivity index (χ3v) is 5.34. The Hall–Kier alpha value is -1.10. The van der Waals surface area contributed by atoms with Crippen molar-refractivity contribution < 1.29 is 4.79 Å². The molecule has 1 amide bonds. The molecule has 0 bridgehead atoms. The second kappa shape index (κ2) is 7.65. The van der Waals surface area contributed by atoms with E-state index in [-0.39, 0.29) is 5.92 Å². The number of likely N-dealkylation sites (N-methyl/N-ethyl adjacent to an activating group) is 1. The van der Waals surface area contributed by atoms with E-state index in [1.165, 1.54) is 5.56 Å². The fourth-order valence-corrected chi connectivity index (χ4v) is 3.95. The summed E-state index contributed by atoms with van der Waals surface area (Å²) in [6, 6.07) is 8.40. The molecule has 1 aromatic rings. The van der Waals surface area contributed by atoms with Crippen LogP contribution in [0.15, 0.2) is 24.3 Å². The van der Waals surface area contributed by atoms with Crippen LogP contribution in [0.1, 0.15) is 31.2 Å². The first-order valence-corrected chi connectivity index (χ1v) is 9.05. The number of nitrogens with zero attached hydrogens (tertiary/aromatic N) is 1. The van der Waals surface area contributed by atoms with E-state index in [2.05, 4.69) is 34.6 Å². The van der Waals surface area contributed by atoms with Crippen molar-refractivity contribution in [1.29, 1.82) is 0 Å². The molecule has 2 saturated heterocycles. The number of rotatable bonds is 4. The van der Waals surface area contributed by atoms with E-state index >= 15 is 0 Å². The fourth-order valence-electron chi connectivity index (χ4n) is 3.83. The van der Waals surface area contributed by atoms with Gasteiger partial charge in [0.2, 0.25) is 5.91 Å². The Balaban J connectivity index is 1.72. The lowest BCUT2D eigenvalue weighted by Gasteiger charge is -2.26. The fraction of sp³-hybridized carbons (Fsp3) is 0.611. The molecule has 2 aliphatic heterocycles. The van der Waals surface area contributed by atoms with Crippen LogP contribution in [-0.4, -0.2) is 49.6 Å². The molecule has 5 heteroatoms. The van der Waals surface area contributed by atoms with E-state index in [9.17, 15) is 4.79 Å². The van der Waals surface area contributed by atoms with Crippen molar-refractivity contribution in [3.05, 3.63) is 34.9 Å². The molecule has 2 aliphatic rings. The summed E-state index contributed by atoms with van der Waals surface area (Å²) in [4.78, 5) is 14.9. The van der Waals surface area contributed by atoms with Crippen molar-refractivity contribution in [2.45, 2.75) is 31.7 Å². The van der Waals surface area contributed by atoms with Gasteiger partial charge < -0.3 is 15.5 Å². The molecule has 126 valence electrons. The lowest BCUT2D eigenvalue weighted by Crippen LogP contribution is -2.41. The molecule has 3 rings (SSSR count). The van der Waals surface area contributed by atoms with Gasteiger partial charge in [-0.05, 0) is 50.2 Å². The van der Waals surface area contributed by atoms with Gasteiger partial charge >= 0.3 is 0 Å². The van der Waals surface area contributed by atoms with Gasteiger partial charge in [-0.15, -0.1) is 0 Å². The molecule has 23 heavy (non-hydrogen) atoms. The average Bonchev–Trinajstić information content (AvgIpc) is 3.00. The Morgan fingerprint density at radius 1 is 1.26 bits per heavy atom. The lowest BCUT2D eigenvalue weighted by atomic mass is 9.94. The van der Waals surface area contributed by atoms with Crippen molar-refractivity contribution in [3.63, 3.8) is 0 Å². The van der Waals surface area contributed by atoms with Crippen LogP contribution >= 0.6 is 11.6 Å². The van der Waals surface area contributed by atoms with Gasteiger partial charge in [-0.1, -0.05) is 30.7 Å². The van der Waals surface area contributed by atoms with Gasteiger partial charge in [0.05, 0.1) is 0 Å². The highest BCUT2D eigenvalue weighted by Crippen LogP contribution is 2.30. The summed E-state index contributed by atoms with van der Waals surface area (Å²) < 4.78 is 0. The van der Waals surface area contributed by atoms with E-state index in [0.29, 0.717) is 17.9 Å². The maximum atomic E-state index is 12.8. The van der Waals surface area contributed by atoms with Crippen LogP contribution in [0, 0.1) is 5.92 Å². The highest BCUT2D eigenvalue weighted by molar-refractivity contribution is 6.30. The van der Waals surface area contributed by atoms with E-state index in [0.717, 1.165) is 50.6 Å². The second-order valence-electron chi connectivity index (χ2n) is 6.59. The van der Waals surface area contributed by atoms with Crippen LogP contribution in [0.3, 0.4) is 0 Å². The topological polar surface area (TPSA) is 44.4 Å². The minimum Gasteiger partial charge on any atom is -0.340 e. The molecule has 0 aromatic heterocycles. The Kier molecular flexibility index (Phi) is 5.57. The normalized spacial score (nSPS) is 25.7. The minimum absolute atomic E-state index is 0.197. The van der Waals surface area contributed by atoms with Crippen LogP contribution in [-0.2, 0) is 4.79 Å². The first-order valence-electron chi connectivity index (χ1n) is 8.67. The number of halogens is 1. The largest absolute Gasteiger partial charge is 0.340 e. The molecule has 0 saturated carbocycles. The van der Waals surface area contributed by atoms with Crippen LogP contribution in [0.2, 0.25) is 5.02 Å². The van der Waals surface area contributed by atoms with Gasteiger partial charge in [-0.25, -0.2) is 0 Å². The van der Waals surface area contributed by atoms with Gasteiger partial charge in [0.15, 0.2) is 0 Å². The van der Waals surface area contributed by atoms with Gasteiger partial charge in [-0.2, -0.15) is 0 Å². The summed E-state index contributed by atoms with van der Waals surface area (Å²) in [5, 5.41) is 7.65. The molecule has 1 aromatic carbocycles. The van der Waals surface area contributed by atoms with Crippen molar-refractivity contribution in [3.8, 4) is 0 Å². The van der Waals surface area contributed by atoms with Crippen LogP contribution in [0.25, 0.3) is 0 Å². The molecule has 0 aliphatic carbocycles. The molecule has 0 radical (unpaired) electrons. The molecular formula is C18H26ClN3O. The Morgan fingerprint density at radius 3 is 2.61 bits per heavy atom. The first kappa shape index (κ1) is 16.7. The maximum Gasteiger partial charge on any atom is 0.225 e. The number of carbonyl (C=O) groups excluding carboxylic acids is 1. The number of amides is 1. The predicted molar refractivity (Wildman–Crippen MR) is 93.8 cm³/mol. The van der Waals surface area contributed by atoms with Crippen molar-refractivity contribution in [2.24, 2.45) is 5.92 Å². The lowest BCUT2D eigenvalue weighted by molar-refractivity contribution is -0.135. The van der Waals surface area contributed by atoms with E-state index in [4.69, 9.17) is 11.6 Å². The molecule has 2 N–H and O–H groups in total. The van der Waals surface area contributed by atoms with Crippen molar-refractivity contribution in [2.75, 3.05) is 32.7 Å². The molecule has 0 unspecified atom stereocenters. The SMILES string of the molecule is CCN[C@H]1CN(C(=O)C2CCNCC2)C[C@@H]1c1ccc(Cl)cc1. The zero-order valence-electron chi connectivity index (χ0n) is 13.7. The molecule has 2 heterocycles. The second-order valence-corrected chi connectivity index (χ2v) is 7.03. The van der Waals surface area contributed by atoms with Crippen molar-refractivity contribution >= 4 is 17.5 Å². The van der Waals surface area contributed by atoms with E-state index in [1.54, 1.807) is 0 Å². The van der Waals surface area contributed by atoms with E-state index < -0.39 is 0 Å². The molecule has 2 atom stereocenters. The number of nitrogens with one attached hydrogen (secondary N) is 2. The van der Waals surface area contributed by atoms with Gasteiger partial charge in [0.25, 0.3) is 0 Å². The molecule has 0 spiro atoms. The molecule has 4 nitrogen and oxygen atoms in total. The summed E-state index contributed by atoms with van der Waals surface area (Å²) in [5.74, 6) is 0.881. The average molecular weight is 336 g/mol. The van der Waals surface area contributed by atoms with Crippen molar-refractivity contribution in [1.82, 2.24) is 15.5 Å². The highest BCUT2D eigenvalue weighted by Gasteiger charge is 2.37. The van der Waals surface area contributed by atoms with Crippen LogP contribution in [0.5, 0.6) is 0 Å². The number of likely N-dealkylation sites (tertiary alicyclic amines) is 1. The number of hydrogen-bond acceptors (Lipinski definition) is 3. The van der Waals surface area contributed by atoms with Crippen LogP contribution in [0.4, 0.5) is 0 Å². The summed E-state index contributed by atoms with van der Waals surface area (Å²) in [6.07, 6.45) is 1.93. The standard InChI is InChI=1S/C18H26ClN3O/c1-2-21-17-12-22(18(23)14-7-9-20-10-8-14)11-16(17)13-3-5-15(19)6-4-13/h3-6,14,16-17,20-21H,2,7-12H2,1H3/t16-,17+/m1/s1. The summed E-state index contributed by atoms with van der Waals surface area (Å²) in [5.41, 5.74) is 1.26. The zero-order chi connectivity index (χ0) is 16.2. The third kappa shape index (κ3) is 3.87. The Morgan fingerprint density at radius 2 is 1.96 bits per heavy atom. The summed E-state index contributed by atoms with van der Waals surface area (Å²) >= 11 is 6.01. The maximum absolute atomic E-state index is 12.8. The minimum atomic E-state index is 0.197. The monoisotopic (exact) mass is 335 g/mol. The predicted octanol–water partition coefficient (Wildman–Crippen LogP) is 2.24. The van der Waals surface area contributed by atoms with Gasteiger partial charge in [-0.3, -0.25) is 4.79 Å². The first-order chi connectivity index (χ1) is 11.2.